The number of benzene rings is 2. The molecule has 0 aromatic heterocycles. The summed E-state index contributed by atoms with van der Waals surface area (Å²) in [5.41, 5.74) is 0.303. The van der Waals surface area contributed by atoms with Gasteiger partial charge in [-0.3, -0.25) is 4.79 Å². The van der Waals surface area contributed by atoms with Crippen LogP contribution in [0.5, 0.6) is 0 Å². The van der Waals surface area contributed by atoms with Crippen molar-refractivity contribution in [1.82, 2.24) is 5.32 Å². The lowest BCUT2D eigenvalue weighted by Gasteiger charge is -2.01. The first kappa shape index (κ1) is 16.1. The second kappa shape index (κ2) is 8.20. The van der Waals surface area contributed by atoms with Crippen LogP contribution in [-0.4, -0.2) is 18.2 Å². The van der Waals surface area contributed by atoms with E-state index in [-0.39, 0.29) is 29.8 Å². The molecule has 2 aromatic rings. The quantitative estimate of drug-likeness (QED) is 0.693. The fourth-order valence-corrected chi connectivity index (χ4v) is 2.30. The van der Waals surface area contributed by atoms with E-state index in [1.165, 1.54) is 30.0 Å². The second-order valence-electron chi connectivity index (χ2n) is 4.30. The Balaban J connectivity index is 1.74. The third-order valence-electron chi connectivity index (χ3n) is 2.65. The molecule has 0 heterocycles. The molecule has 0 aliphatic rings. The molecule has 2 nitrogen and oxygen atoms in total. The molecule has 0 saturated carbocycles. The summed E-state index contributed by atoms with van der Waals surface area (Å²) in [5.74, 6) is 4.70. The molecule has 0 radical (unpaired) electrons. The van der Waals surface area contributed by atoms with Crippen molar-refractivity contribution in [3.8, 4) is 11.8 Å². The van der Waals surface area contributed by atoms with Crippen LogP contribution in [0.2, 0.25) is 0 Å². The van der Waals surface area contributed by atoms with Gasteiger partial charge in [-0.2, -0.15) is 0 Å². The van der Waals surface area contributed by atoms with E-state index < -0.39 is 0 Å². The van der Waals surface area contributed by atoms with Crippen molar-refractivity contribution >= 4 is 17.7 Å². The van der Waals surface area contributed by atoms with Crippen molar-refractivity contribution < 1.29 is 13.6 Å². The zero-order valence-electron chi connectivity index (χ0n) is 11.6. The molecular formula is C17H13F2NOS. The lowest BCUT2D eigenvalue weighted by Crippen LogP contribution is -2.25. The molecular weight excluding hydrogens is 304 g/mol. The first-order valence-electron chi connectivity index (χ1n) is 6.53. The van der Waals surface area contributed by atoms with E-state index in [1.807, 2.05) is 0 Å². The van der Waals surface area contributed by atoms with Crippen molar-refractivity contribution in [2.45, 2.75) is 4.90 Å². The van der Waals surface area contributed by atoms with Gasteiger partial charge in [0.2, 0.25) is 5.91 Å². The zero-order chi connectivity index (χ0) is 15.8. The van der Waals surface area contributed by atoms with Crippen molar-refractivity contribution in [2.24, 2.45) is 0 Å². The molecule has 2 rings (SSSR count). The van der Waals surface area contributed by atoms with Crippen molar-refractivity contribution in [2.75, 3.05) is 12.3 Å². The summed E-state index contributed by atoms with van der Waals surface area (Å²) in [6.07, 6.45) is 0. The number of hydrogen-bond acceptors (Lipinski definition) is 2. The summed E-state index contributed by atoms with van der Waals surface area (Å²) in [6.45, 7) is 0.150. The van der Waals surface area contributed by atoms with E-state index in [0.717, 1.165) is 4.90 Å². The van der Waals surface area contributed by atoms with Crippen LogP contribution in [0, 0.1) is 23.5 Å². The summed E-state index contributed by atoms with van der Waals surface area (Å²) in [6, 6.07) is 12.1. The summed E-state index contributed by atoms with van der Waals surface area (Å²) < 4.78 is 26.0. The normalized spacial score (nSPS) is 9.73. The molecule has 0 aliphatic carbocycles. The summed E-state index contributed by atoms with van der Waals surface area (Å²) in [7, 11) is 0. The minimum Gasteiger partial charge on any atom is -0.344 e. The van der Waals surface area contributed by atoms with Crippen molar-refractivity contribution in [3.05, 3.63) is 65.7 Å². The van der Waals surface area contributed by atoms with Crippen molar-refractivity contribution in [3.63, 3.8) is 0 Å². The topological polar surface area (TPSA) is 29.1 Å². The number of rotatable bonds is 4. The maximum atomic E-state index is 13.3. The smallest absolute Gasteiger partial charge is 0.231 e. The standard InChI is InChI=1S/C17H13F2NOS/c18-14-7-9-15(10-8-14)22-12-17(21)20-11-3-5-13-4-1-2-6-16(13)19/h1-2,4,6-10H,11-12H2,(H,20,21). The second-order valence-corrected chi connectivity index (χ2v) is 5.35. The average molecular weight is 317 g/mol. The van der Waals surface area contributed by atoms with Crippen LogP contribution in [-0.2, 0) is 4.79 Å². The van der Waals surface area contributed by atoms with Crippen LogP contribution in [0.15, 0.2) is 53.4 Å². The number of hydrogen-bond donors (Lipinski definition) is 1. The number of thioether (sulfide) groups is 1. The summed E-state index contributed by atoms with van der Waals surface area (Å²) >= 11 is 1.31. The predicted octanol–water partition coefficient (Wildman–Crippen LogP) is 3.22. The number of nitrogens with one attached hydrogen (secondary N) is 1. The number of halogens is 2. The third kappa shape index (κ3) is 5.23. The number of carbonyl (C=O) groups is 1. The van der Waals surface area contributed by atoms with Gasteiger partial charge in [-0.1, -0.05) is 24.0 Å². The number of amides is 1. The van der Waals surface area contributed by atoms with Gasteiger partial charge in [0, 0.05) is 4.90 Å². The van der Waals surface area contributed by atoms with E-state index in [0.29, 0.717) is 5.56 Å². The lowest BCUT2D eigenvalue weighted by molar-refractivity contribution is -0.118. The van der Waals surface area contributed by atoms with Crippen LogP contribution in [0.25, 0.3) is 0 Å². The Morgan fingerprint density at radius 1 is 1.09 bits per heavy atom. The van der Waals surface area contributed by atoms with Gasteiger partial charge < -0.3 is 5.32 Å². The van der Waals surface area contributed by atoms with Gasteiger partial charge in [-0.15, -0.1) is 11.8 Å². The molecule has 1 amide bonds. The highest BCUT2D eigenvalue weighted by molar-refractivity contribution is 8.00. The highest BCUT2D eigenvalue weighted by Gasteiger charge is 2.01. The molecule has 0 bridgehead atoms. The Morgan fingerprint density at radius 3 is 2.55 bits per heavy atom. The summed E-state index contributed by atoms with van der Waals surface area (Å²) in [4.78, 5) is 12.4. The lowest BCUT2D eigenvalue weighted by atomic mass is 10.2. The monoisotopic (exact) mass is 317 g/mol. The van der Waals surface area contributed by atoms with E-state index >= 15 is 0 Å². The van der Waals surface area contributed by atoms with Crippen LogP contribution in [0.3, 0.4) is 0 Å². The highest BCUT2D eigenvalue weighted by atomic mass is 32.2. The summed E-state index contributed by atoms with van der Waals surface area (Å²) in [5, 5.41) is 2.62. The van der Waals surface area contributed by atoms with Gasteiger partial charge in [0.05, 0.1) is 17.9 Å². The van der Waals surface area contributed by atoms with Gasteiger partial charge >= 0.3 is 0 Å². The Kier molecular flexibility index (Phi) is 5.99. The molecule has 0 unspecified atom stereocenters. The van der Waals surface area contributed by atoms with Gasteiger partial charge in [-0.25, -0.2) is 8.78 Å². The van der Waals surface area contributed by atoms with E-state index in [4.69, 9.17) is 0 Å². The van der Waals surface area contributed by atoms with Gasteiger partial charge in [0.1, 0.15) is 11.6 Å². The molecule has 2 aromatic carbocycles. The van der Waals surface area contributed by atoms with Gasteiger partial charge in [-0.05, 0) is 36.4 Å². The van der Waals surface area contributed by atoms with Gasteiger partial charge in [0.15, 0.2) is 0 Å². The number of carbonyl (C=O) groups excluding carboxylic acids is 1. The third-order valence-corrected chi connectivity index (χ3v) is 3.67. The van der Waals surface area contributed by atoms with Crippen molar-refractivity contribution in [1.29, 1.82) is 0 Å². The minimum absolute atomic E-state index is 0.150. The van der Waals surface area contributed by atoms with Gasteiger partial charge in [0.25, 0.3) is 0 Å². The van der Waals surface area contributed by atoms with Crippen LogP contribution >= 0.6 is 11.8 Å². The van der Waals surface area contributed by atoms with E-state index in [9.17, 15) is 13.6 Å². The predicted molar refractivity (Wildman–Crippen MR) is 83.4 cm³/mol. The van der Waals surface area contributed by atoms with E-state index in [2.05, 4.69) is 17.2 Å². The Hall–Kier alpha value is -2.32. The Morgan fingerprint density at radius 2 is 1.82 bits per heavy atom. The molecule has 5 heteroatoms. The molecule has 112 valence electrons. The molecule has 0 spiro atoms. The molecule has 0 aliphatic heterocycles. The molecule has 0 fully saturated rings. The molecule has 22 heavy (non-hydrogen) atoms. The first-order valence-corrected chi connectivity index (χ1v) is 7.52. The van der Waals surface area contributed by atoms with Crippen LogP contribution in [0.4, 0.5) is 8.78 Å². The van der Waals surface area contributed by atoms with E-state index in [1.54, 1.807) is 30.3 Å². The SMILES string of the molecule is O=C(CSc1ccc(F)cc1)NCC#Cc1ccccc1F. The average Bonchev–Trinajstić information content (AvgIpc) is 2.52. The Labute approximate surface area is 131 Å². The first-order chi connectivity index (χ1) is 10.6. The highest BCUT2D eigenvalue weighted by Crippen LogP contribution is 2.17. The molecule has 0 saturated heterocycles. The molecule has 1 N–H and O–H groups in total. The zero-order valence-corrected chi connectivity index (χ0v) is 12.4. The fraction of sp³-hybridized carbons (Fsp3) is 0.118. The molecule has 0 atom stereocenters. The Bertz CT molecular complexity index is 705. The van der Waals surface area contributed by atoms with Crippen LogP contribution < -0.4 is 5.32 Å². The van der Waals surface area contributed by atoms with Crippen LogP contribution in [0.1, 0.15) is 5.56 Å². The largest absolute Gasteiger partial charge is 0.344 e. The maximum Gasteiger partial charge on any atom is 0.231 e. The fourth-order valence-electron chi connectivity index (χ4n) is 1.58. The minimum atomic E-state index is -0.381. The maximum absolute atomic E-state index is 13.3.